The fourth-order valence-corrected chi connectivity index (χ4v) is 2.40. The van der Waals surface area contributed by atoms with Crippen molar-refractivity contribution in [2.24, 2.45) is 5.73 Å². The van der Waals surface area contributed by atoms with Gasteiger partial charge in [-0.15, -0.1) is 0 Å². The summed E-state index contributed by atoms with van der Waals surface area (Å²) in [5, 5.41) is 0. The van der Waals surface area contributed by atoms with E-state index in [4.69, 9.17) is 5.73 Å². The standard InChI is InChI=1S/C18H24N2/c1-15-8-9-18(12-16(15)2)14-20(11-10-19)13-17-6-4-3-5-7-17/h3-9,12H,10-11,13-14,19H2,1-2H3. The van der Waals surface area contributed by atoms with Crippen LogP contribution in [-0.2, 0) is 13.1 Å². The summed E-state index contributed by atoms with van der Waals surface area (Å²) in [5.74, 6) is 0. The summed E-state index contributed by atoms with van der Waals surface area (Å²) >= 11 is 0. The van der Waals surface area contributed by atoms with Crippen LogP contribution in [-0.4, -0.2) is 18.0 Å². The molecule has 0 unspecified atom stereocenters. The first kappa shape index (κ1) is 14.8. The lowest BCUT2D eigenvalue weighted by Crippen LogP contribution is -2.28. The van der Waals surface area contributed by atoms with Gasteiger partial charge in [-0.3, -0.25) is 4.90 Å². The Morgan fingerprint density at radius 2 is 1.55 bits per heavy atom. The van der Waals surface area contributed by atoms with Crippen LogP contribution in [0.25, 0.3) is 0 Å². The maximum Gasteiger partial charge on any atom is 0.0237 e. The van der Waals surface area contributed by atoms with Gasteiger partial charge in [0, 0.05) is 26.2 Å². The minimum atomic E-state index is 0.692. The van der Waals surface area contributed by atoms with Gasteiger partial charge in [-0.25, -0.2) is 0 Å². The van der Waals surface area contributed by atoms with Crippen molar-refractivity contribution in [2.45, 2.75) is 26.9 Å². The van der Waals surface area contributed by atoms with Gasteiger partial charge in [0.1, 0.15) is 0 Å². The number of rotatable bonds is 6. The smallest absolute Gasteiger partial charge is 0.0237 e. The molecule has 2 N–H and O–H groups in total. The van der Waals surface area contributed by atoms with Crippen LogP contribution in [0.1, 0.15) is 22.3 Å². The van der Waals surface area contributed by atoms with E-state index in [1.807, 2.05) is 0 Å². The number of aryl methyl sites for hydroxylation is 2. The van der Waals surface area contributed by atoms with Crippen LogP contribution in [0.5, 0.6) is 0 Å². The Morgan fingerprint density at radius 3 is 2.20 bits per heavy atom. The molecule has 2 aromatic carbocycles. The van der Waals surface area contributed by atoms with Crippen LogP contribution >= 0.6 is 0 Å². The Hall–Kier alpha value is -1.64. The Morgan fingerprint density at radius 1 is 0.850 bits per heavy atom. The van der Waals surface area contributed by atoms with Crippen molar-refractivity contribution < 1.29 is 0 Å². The predicted molar refractivity (Wildman–Crippen MR) is 85.5 cm³/mol. The predicted octanol–water partition coefficient (Wildman–Crippen LogP) is 3.26. The van der Waals surface area contributed by atoms with Gasteiger partial charge in [-0.05, 0) is 36.1 Å². The topological polar surface area (TPSA) is 29.3 Å². The van der Waals surface area contributed by atoms with Crippen LogP contribution in [0, 0.1) is 13.8 Å². The van der Waals surface area contributed by atoms with Crippen molar-refractivity contribution in [1.29, 1.82) is 0 Å². The minimum Gasteiger partial charge on any atom is -0.329 e. The second-order valence-corrected chi connectivity index (χ2v) is 5.40. The van der Waals surface area contributed by atoms with E-state index in [0.717, 1.165) is 19.6 Å². The molecule has 0 fully saturated rings. The van der Waals surface area contributed by atoms with E-state index in [2.05, 4.69) is 67.3 Å². The molecule has 0 heterocycles. The molecule has 0 aliphatic heterocycles. The number of nitrogens with two attached hydrogens (primary N) is 1. The lowest BCUT2D eigenvalue weighted by Gasteiger charge is -2.22. The van der Waals surface area contributed by atoms with Gasteiger partial charge < -0.3 is 5.73 Å². The molecule has 0 amide bonds. The molecule has 0 atom stereocenters. The Labute approximate surface area is 122 Å². The molecular formula is C18H24N2. The zero-order valence-corrected chi connectivity index (χ0v) is 12.5. The van der Waals surface area contributed by atoms with Gasteiger partial charge in [0.2, 0.25) is 0 Å². The van der Waals surface area contributed by atoms with E-state index in [9.17, 15) is 0 Å². The molecule has 0 saturated heterocycles. The monoisotopic (exact) mass is 268 g/mol. The largest absolute Gasteiger partial charge is 0.329 e. The molecule has 2 nitrogen and oxygen atoms in total. The summed E-state index contributed by atoms with van der Waals surface area (Å²) in [6.07, 6.45) is 0. The lowest BCUT2D eigenvalue weighted by atomic mass is 10.1. The molecule has 2 aromatic rings. The summed E-state index contributed by atoms with van der Waals surface area (Å²) in [7, 11) is 0. The first-order chi connectivity index (χ1) is 9.69. The molecule has 0 aromatic heterocycles. The van der Waals surface area contributed by atoms with Gasteiger partial charge in [-0.2, -0.15) is 0 Å². The maximum atomic E-state index is 5.75. The van der Waals surface area contributed by atoms with Gasteiger partial charge in [0.05, 0.1) is 0 Å². The molecule has 0 spiro atoms. The van der Waals surface area contributed by atoms with Crippen LogP contribution in [0.4, 0.5) is 0 Å². The first-order valence-corrected chi connectivity index (χ1v) is 7.21. The molecular weight excluding hydrogens is 244 g/mol. The average molecular weight is 268 g/mol. The van der Waals surface area contributed by atoms with Gasteiger partial charge >= 0.3 is 0 Å². The lowest BCUT2D eigenvalue weighted by molar-refractivity contribution is 0.264. The fraction of sp³-hybridized carbons (Fsp3) is 0.333. The highest BCUT2D eigenvalue weighted by molar-refractivity contribution is 5.30. The third kappa shape index (κ3) is 4.19. The van der Waals surface area contributed by atoms with Crippen LogP contribution in [0.2, 0.25) is 0 Å². The van der Waals surface area contributed by atoms with E-state index in [0.29, 0.717) is 6.54 Å². The highest BCUT2D eigenvalue weighted by Gasteiger charge is 2.07. The van der Waals surface area contributed by atoms with Crippen molar-refractivity contribution in [2.75, 3.05) is 13.1 Å². The van der Waals surface area contributed by atoms with Gasteiger partial charge in [0.25, 0.3) is 0 Å². The highest BCUT2D eigenvalue weighted by atomic mass is 15.1. The Bertz CT molecular complexity index is 534. The molecule has 20 heavy (non-hydrogen) atoms. The Balaban J connectivity index is 2.06. The third-order valence-electron chi connectivity index (χ3n) is 3.67. The molecule has 106 valence electrons. The van der Waals surface area contributed by atoms with Crippen molar-refractivity contribution in [1.82, 2.24) is 4.90 Å². The fourth-order valence-electron chi connectivity index (χ4n) is 2.40. The van der Waals surface area contributed by atoms with Crippen molar-refractivity contribution in [3.05, 3.63) is 70.8 Å². The normalized spacial score (nSPS) is 11.0. The van der Waals surface area contributed by atoms with E-state index < -0.39 is 0 Å². The maximum absolute atomic E-state index is 5.75. The third-order valence-corrected chi connectivity index (χ3v) is 3.67. The van der Waals surface area contributed by atoms with Gasteiger partial charge in [-0.1, -0.05) is 48.5 Å². The first-order valence-electron chi connectivity index (χ1n) is 7.21. The second kappa shape index (κ2) is 7.22. The SMILES string of the molecule is Cc1ccc(CN(CCN)Cc2ccccc2)cc1C. The second-order valence-electron chi connectivity index (χ2n) is 5.40. The van der Waals surface area contributed by atoms with Crippen molar-refractivity contribution in [3.63, 3.8) is 0 Å². The van der Waals surface area contributed by atoms with E-state index in [1.54, 1.807) is 0 Å². The summed E-state index contributed by atoms with van der Waals surface area (Å²) < 4.78 is 0. The van der Waals surface area contributed by atoms with Crippen LogP contribution in [0.3, 0.4) is 0 Å². The molecule has 0 radical (unpaired) electrons. The average Bonchev–Trinajstić information content (AvgIpc) is 2.44. The van der Waals surface area contributed by atoms with E-state index in [-0.39, 0.29) is 0 Å². The summed E-state index contributed by atoms with van der Waals surface area (Å²) in [4.78, 5) is 2.40. The number of nitrogens with zero attached hydrogens (tertiary/aromatic N) is 1. The molecule has 2 heteroatoms. The summed E-state index contributed by atoms with van der Waals surface area (Å²) in [6.45, 7) is 7.84. The molecule has 0 aliphatic carbocycles. The quantitative estimate of drug-likeness (QED) is 0.871. The molecule has 0 aliphatic rings. The van der Waals surface area contributed by atoms with Gasteiger partial charge in [0.15, 0.2) is 0 Å². The summed E-state index contributed by atoms with van der Waals surface area (Å²) in [6, 6.07) is 17.3. The van der Waals surface area contributed by atoms with E-state index in [1.165, 1.54) is 22.3 Å². The summed E-state index contributed by atoms with van der Waals surface area (Å²) in [5.41, 5.74) is 11.2. The minimum absolute atomic E-state index is 0.692. The molecule has 0 saturated carbocycles. The zero-order valence-electron chi connectivity index (χ0n) is 12.5. The number of benzene rings is 2. The molecule has 0 bridgehead atoms. The van der Waals surface area contributed by atoms with Crippen molar-refractivity contribution in [3.8, 4) is 0 Å². The Kier molecular flexibility index (Phi) is 5.33. The molecule has 2 rings (SSSR count). The van der Waals surface area contributed by atoms with Crippen LogP contribution < -0.4 is 5.73 Å². The zero-order chi connectivity index (χ0) is 14.4. The number of hydrogen-bond acceptors (Lipinski definition) is 2. The van der Waals surface area contributed by atoms with Crippen LogP contribution in [0.15, 0.2) is 48.5 Å². The number of hydrogen-bond donors (Lipinski definition) is 1. The highest BCUT2D eigenvalue weighted by Crippen LogP contribution is 2.13. The van der Waals surface area contributed by atoms with Crippen molar-refractivity contribution >= 4 is 0 Å². The van der Waals surface area contributed by atoms with E-state index >= 15 is 0 Å².